The van der Waals surface area contributed by atoms with Crippen molar-refractivity contribution in [2.24, 2.45) is 11.1 Å². The standard InChI is InChI=1S/C13H26N2O2.ClH/c1-3-13(4-2,10-14)12(16)15-9-11-7-5-6-8-17-11;/h11H,3-10,14H2,1-2H3,(H,15,16);1H. The van der Waals surface area contributed by atoms with E-state index in [1.54, 1.807) is 0 Å². The second-order valence-corrected chi connectivity index (χ2v) is 4.89. The van der Waals surface area contributed by atoms with E-state index >= 15 is 0 Å². The average molecular weight is 279 g/mol. The Kier molecular flexibility index (Phi) is 8.57. The van der Waals surface area contributed by atoms with Crippen LogP contribution in [-0.4, -0.2) is 31.7 Å². The van der Waals surface area contributed by atoms with Crippen LogP contribution < -0.4 is 11.1 Å². The van der Waals surface area contributed by atoms with E-state index in [1.807, 2.05) is 13.8 Å². The normalized spacial score (nSPS) is 20.1. The third-order valence-corrected chi connectivity index (χ3v) is 3.99. The van der Waals surface area contributed by atoms with E-state index in [4.69, 9.17) is 10.5 Å². The minimum absolute atomic E-state index is 0. The third-order valence-electron chi connectivity index (χ3n) is 3.99. The number of hydrogen-bond donors (Lipinski definition) is 2. The molecule has 1 atom stereocenters. The number of nitrogens with two attached hydrogens (primary N) is 1. The molecule has 108 valence electrons. The molecular weight excluding hydrogens is 252 g/mol. The fourth-order valence-corrected chi connectivity index (χ4v) is 2.31. The summed E-state index contributed by atoms with van der Waals surface area (Å²) >= 11 is 0. The van der Waals surface area contributed by atoms with E-state index in [2.05, 4.69) is 5.32 Å². The van der Waals surface area contributed by atoms with Gasteiger partial charge in [-0.25, -0.2) is 0 Å². The van der Waals surface area contributed by atoms with Crippen LogP contribution in [0.2, 0.25) is 0 Å². The minimum Gasteiger partial charge on any atom is -0.376 e. The Morgan fingerprint density at radius 3 is 2.50 bits per heavy atom. The van der Waals surface area contributed by atoms with Gasteiger partial charge in [0.25, 0.3) is 0 Å². The van der Waals surface area contributed by atoms with Gasteiger partial charge in [0.05, 0.1) is 11.5 Å². The van der Waals surface area contributed by atoms with Gasteiger partial charge >= 0.3 is 0 Å². The van der Waals surface area contributed by atoms with Crippen LogP contribution in [0.15, 0.2) is 0 Å². The van der Waals surface area contributed by atoms with Gasteiger partial charge in [-0.15, -0.1) is 12.4 Å². The zero-order chi connectivity index (χ0) is 12.7. The lowest BCUT2D eigenvalue weighted by Gasteiger charge is -2.30. The van der Waals surface area contributed by atoms with Crippen LogP contribution in [0.25, 0.3) is 0 Å². The van der Waals surface area contributed by atoms with E-state index in [0.29, 0.717) is 13.1 Å². The molecule has 0 bridgehead atoms. The lowest BCUT2D eigenvalue weighted by molar-refractivity contribution is -0.132. The molecule has 0 radical (unpaired) electrons. The highest BCUT2D eigenvalue weighted by atomic mass is 35.5. The van der Waals surface area contributed by atoms with Crippen LogP contribution >= 0.6 is 12.4 Å². The number of carbonyl (C=O) groups excluding carboxylic acids is 1. The predicted octanol–water partition coefficient (Wildman–Crippen LogP) is 1.86. The van der Waals surface area contributed by atoms with Crippen LogP contribution in [0.4, 0.5) is 0 Å². The number of nitrogens with one attached hydrogen (secondary N) is 1. The van der Waals surface area contributed by atoms with Gasteiger partial charge in [-0.2, -0.15) is 0 Å². The highest BCUT2D eigenvalue weighted by molar-refractivity contribution is 5.85. The number of amides is 1. The zero-order valence-corrected chi connectivity index (χ0v) is 12.4. The fraction of sp³-hybridized carbons (Fsp3) is 0.923. The summed E-state index contributed by atoms with van der Waals surface area (Å²) in [5, 5.41) is 3.00. The Labute approximate surface area is 116 Å². The third kappa shape index (κ3) is 4.41. The fourth-order valence-electron chi connectivity index (χ4n) is 2.31. The molecule has 1 aliphatic rings. The first-order chi connectivity index (χ1) is 8.18. The van der Waals surface area contributed by atoms with Gasteiger partial charge in [-0.1, -0.05) is 13.8 Å². The number of rotatable bonds is 6. The number of ether oxygens (including phenoxy) is 1. The maximum absolute atomic E-state index is 12.2. The molecule has 1 rings (SSSR count). The first-order valence-corrected chi connectivity index (χ1v) is 6.78. The average Bonchev–Trinajstić information content (AvgIpc) is 2.40. The van der Waals surface area contributed by atoms with E-state index in [0.717, 1.165) is 32.3 Å². The number of halogens is 1. The molecule has 1 heterocycles. The lowest BCUT2D eigenvalue weighted by Crippen LogP contribution is -2.47. The van der Waals surface area contributed by atoms with Crippen LogP contribution in [-0.2, 0) is 9.53 Å². The molecule has 0 aliphatic carbocycles. The van der Waals surface area contributed by atoms with Crippen molar-refractivity contribution in [1.29, 1.82) is 0 Å². The second kappa shape index (κ2) is 8.73. The maximum atomic E-state index is 12.2. The summed E-state index contributed by atoms with van der Waals surface area (Å²) in [6.07, 6.45) is 5.16. The van der Waals surface area contributed by atoms with Crippen molar-refractivity contribution in [1.82, 2.24) is 5.32 Å². The first-order valence-electron chi connectivity index (χ1n) is 6.78. The van der Waals surface area contributed by atoms with E-state index in [9.17, 15) is 4.79 Å². The molecular formula is C13H27ClN2O2. The van der Waals surface area contributed by atoms with Crippen molar-refractivity contribution in [3.63, 3.8) is 0 Å². The molecule has 18 heavy (non-hydrogen) atoms. The van der Waals surface area contributed by atoms with Crippen molar-refractivity contribution in [2.75, 3.05) is 19.7 Å². The molecule has 4 nitrogen and oxygen atoms in total. The molecule has 0 saturated carbocycles. The monoisotopic (exact) mass is 278 g/mol. The molecule has 5 heteroatoms. The van der Waals surface area contributed by atoms with E-state index in [-0.39, 0.29) is 24.4 Å². The van der Waals surface area contributed by atoms with Gasteiger partial charge in [0.2, 0.25) is 5.91 Å². The molecule has 1 aliphatic heterocycles. The van der Waals surface area contributed by atoms with Crippen molar-refractivity contribution in [2.45, 2.75) is 52.1 Å². The van der Waals surface area contributed by atoms with Crippen molar-refractivity contribution < 1.29 is 9.53 Å². The highest BCUT2D eigenvalue weighted by Crippen LogP contribution is 2.25. The SMILES string of the molecule is CCC(CC)(CN)C(=O)NCC1CCCCO1.Cl. The molecule has 0 spiro atoms. The van der Waals surface area contributed by atoms with Gasteiger partial charge in [0.1, 0.15) is 0 Å². The van der Waals surface area contributed by atoms with E-state index < -0.39 is 5.41 Å². The van der Waals surface area contributed by atoms with Crippen LogP contribution in [0.3, 0.4) is 0 Å². The Balaban J connectivity index is 0.00000289. The largest absolute Gasteiger partial charge is 0.376 e. The highest BCUT2D eigenvalue weighted by Gasteiger charge is 2.33. The Morgan fingerprint density at radius 1 is 1.39 bits per heavy atom. The summed E-state index contributed by atoms with van der Waals surface area (Å²) in [5.41, 5.74) is 5.35. The quantitative estimate of drug-likeness (QED) is 0.779. The topological polar surface area (TPSA) is 64.4 Å². The molecule has 1 unspecified atom stereocenters. The summed E-state index contributed by atoms with van der Waals surface area (Å²) in [4.78, 5) is 12.2. The molecule has 1 saturated heterocycles. The Bertz CT molecular complexity index is 231. The molecule has 0 aromatic carbocycles. The van der Waals surface area contributed by atoms with Crippen molar-refractivity contribution >= 4 is 18.3 Å². The van der Waals surface area contributed by atoms with Crippen LogP contribution in [0.5, 0.6) is 0 Å². The molecule has 0 aromatic rings. The summed E-state index contributed by atoms with van der Waals surface area (Å²) in [6, 6.07) is 0. The number of hydrogen-bond acceptors (Lipinski definition) is 3. The summed E-state index contributed by atoms with van der Waals surface area (Å²) in [7, 11) is 0. The predicted molar refractivity (Wildman–Crippen MR) is 75.9 cm³/mol. The van der Waals surface area contributed by atoms with E-state index in [1.165, 1.54) is 6.42 Å². The summed E-state index contributed by atoms with van der Waals surface area (Å²) in [5.74, 6) is 0.0826. The van der Waals surface area contributed by atoms with Gasteiger partial charge in [-0.3, -0.25) is 4.79 Å². The maximum Gasteiger partial charge on any atom is 0.227 e. The zero-order valence-electron chi connectivity index (χ0n) is 11.5. The van der Waals surface area contributed by atoms with Gasteiger partial charge in [-0.05, 0) is 32.1 Å². The minimum atomic E-state index is -0.394. The molecule has 3 N–H and O–H groups in total. The Morgan fingerprint density at radius 2 is 2.06 bits per heavy atom. The van der Waals surface area contributed by atoms with Crippen molar-refractivity contribution in [3.05, 3.63) is 0 Å². The molecule has 0 aromatic heterocycles. The number of carbonyl (C=O) groups is 1. The van der Waals surface area contributed by atoms with Crippen molar-refractivity contribution in [3.8, 4) is 0 Å². The van der Waals surface area contributed by atoms with Crippen LogP contribution in [0.1, 0.15) is 46.0 Å². The first kappa shape index (κ1) is 17.7. The van der Waals surface area contributed by atoms with Gasteiger partial charge in [0.15, 0.2) is 0 Å². The Hall–Kier alpha value is -0.320. The summed E-state index contributed by atoms with van der Waals surface area (Å²) < 4.78 is 5.60. The van der Waals surface area contributed by atoms with Gasteiger partial charge < -0.3 is 15.8 Å². The lowest BCUT2D eigenvalue weighted by atomic mass is 9.81. The smallest absolute Gasteiger partial charge is 0.227 e. The second-order valence-electron chi connectivity index (χ2n) is 4.89. The molecule has 1 fully saturated rings. The van der Waals surface area contributed by atoms with Crippen LogP contribution in [0, 0.1) is 5.41 Å². The summed E-state index contributed by atoms with van der Waals surface area (Å²) in [6.45, 7) is 5.90. The molecule has 1 amide bonds. The van der Waals surface area contributed by atoms with Gasteiger partial charge in [0, 0.05) is 19.7 Å².